The summed E-state index contributed by atoms with van der Waals surface area (Å²) in [6.07, 6.45) is 3.25. The van der Waals surface area contributed by atoms with E-state index in [1.54, 1.807) is 26.2 Å². The van der Waals surface area contributed by atoms with Gasteiger partial charge in [-0.25, -0.2) is 0 Å². The summed E-state index contributed by atoms with van der Waals surface area (Å²) in [7, 11) is 1.57. The lowest BCUT2D eigenvalue weighted by Gasteiger charge is -2.17. The molecule has 0 aliphatic rings. The Morgan fingerprint density at radius 2 is 2.00 bits per heavy atom. The molecule has 25 heavy (non-hydrogen) atoms. The van der Waals surface area contributed by atoms with E-state index in [-0.39, 0.29) is 5.91 Å². The Morgan fingerprint density at radius 1 is 1.24 bits per heavy atom. The van der Waals surface area contributed by atoms with Crippen LogP contribution < -0.4 is 14.8 Å². The molecule has 0 saturated carbocycles. The molecular formula is C20H22ClNO3. The third-order valence-corrected chi connectivity index (χ3v) is 4.00. The molecule has 0 aliphatic carbocycles. The van der Waals surface area contributed by atoms with E-state index in [4.69, 9.17) is 21.1 Å². The fourth-order valence-corrected chi connectivity index (χ4v) is 2.49. The van der Waals surface area contributed by atoms with Gasteiger partial charge in [-0.1, -0.05) is 48.0 Å². The molecule has 0 fully saturated rings. The molecule has 1 atom stereocenters. The zero-order chi connectivity index (χ0) is 18.2. The Labute approximate surface area is 153 Å². The van der Waals surface area contributed by atoms with Crippen LogP contribution in [0.4, 0.5) is 0 Å². The fraction of sp³-hybridized carbons (Fsp3) is 0.250. The van der Waals surface area contributed by atoms with Crippen LogP contribution in [0.2, 0.25) is 5.02 Å². The number of halogens is 1. The lowest BCUT2D eigenvalue weighted by molar-refractivity contribution is -0.127. The minimum absolute atomic E-state index is 0.223. The van der Waals surface area contributed by atoms with Crippen molar-refractivity contribution in [2.75, 3.05) is 7.11 Å². The average molecular weight is 360 g/mol. The number of allylic oxidation sites excluding steroid dienone is 1. The first-order valence-electron chi connectivity index (χ1n) is 8.03. The molecular weight excluding hydrogens is 338 g/mol. The topological polar surface area (TPSA) is 47.6 Å². The summed E-state index contributed by atoms with van der Waals surface area (Å²) in [5, 5.41) is 3.45. The van der Waals surface area contributed by atoms with Gasteiger partial charge in [-0.15, -0.1) is 0 Å². The van der Waals surface area contributed by atoms with E-state index in [0.29, 0.717) is 23.1 Å². The molecule has 0 bridgehead atoms. The number of benzene rings is 2. The Kier molecular flexibility index (Phi) is 6.90. The maximum absolute atomic E-state index is 12.3. The van der Waals surface area contributed by atoms with E-state index in [9.17, 15) is 4.79 Å². The summed E-state index contributed by atoms with van der Waals surface area (Å²) in [6, 6.07) is 13.0. The number of carbonyl (C=O) groups is 1. The van der Waals surface area contributed by atoms with E-state index in [1.165, 1.54) is 0 Å². The van der Waals surface area contributed by atoms with Gasteiger partial charge < -0.3 is 14.8 Å². The predicted octanol–water partition coefficient (Wildman–Crippen LogP) is 4.47. The first-order chi connectivity index (χ1) is 12.0. The van der Waals surface area contributed by atoms with Gasteiger partial charge in [0.1, 0.15) is 0 Å². The van der Waals surface area contributed by atoms with E-state index >= 15 is 0 Å². The minimum Gasteiger partial charge on any atom is -0.493 e. The summed E-state index contributed by atoms with van der Waals surface area (Å²) in [5.41, 5.74) is 1.86. The summed E-state index contributed by atoms with van der Waals surface area (Å²) in [5.74, 6) is 0.886. The second kappa shape index (κ2) is 9.14. The van der Waals surface area contributed by atoms with Gasteiger partial charge in [0.05, 0.1) is 7.11 Å². The zero-order valence-corrected chi connectivity index (χ0v) is 15.3. The molecule has 2 aromatic rings. The summed E-state index contributed by atoms with van der Waals surface area (Å²) in [6.45, 7) is 3.99. The van der Waals surface area contributed by atoms with E-state index in [0.717, 1.165) is 11.1 Å². The smallest absolute Gasteiger partial charge is 0.261 e. The van der Waals surface area contributed by atoms with Crippen molar-refractivity contribution in [1.82, 2.24) is 5.32 Å². The Morgan fingerprint density at radius 3 is 2.68 bits per heavy atom. The monoisotopic (exact) mass is 359 g/mol. The van der Waals surface area contributed by atoms with E-state index in [2.05, 4.69) is 5.32 Å². The van der Waals surface area contributed by atoms with Crippen LogP contribution in [0.3, 0.4) is 0 Å². The molecule has 132 valence electrons. The number of carbonyl (C=O) groups excluding carboxylic acids is 1. The van der Waals surface area contributed by atoms with Crippen molar-refractivity contribution < 1.29 is 14.3 Å². The highest BCUT2D eigenvalue weighted by Gasteiger charge is 2.17. The van der Waals surface area contributed by atoms with Crippen molar-refractivity contribution in [1.29, 1.82) is 0 Å². The molecule has 2 rings (SSSR count). The Bertz CT molecular complexity index is 758. The number of hydrogen-bond acceptors (Lipinski definition) is 3. The number of nitrogens with one attached hydrogen (secondary N) is 1. The van der Waals surface area contributed by atoms with E-state index in [1.807, 2.05) is 49.4 Å². The van der Waals surface area contributed by atoms with Crippen LogP contribution in [0.5, 0.6) is 11.5 Å². The largest absolute Gasteiger partial charge is 0.493 e. The standard InChI is InChI=1S/C20H22ClNO3/c1-4-7-15-10-11-18(19(12-15)24-3)25-14(2)20(23)22-13-16-8-5-6-9-17(16)21/h4-12,14H,13H2,1-3H3,(H,22,23)/b7-4+. The van der Waals surface area contributed by atoms with Crippen LogP contribution in [0.1, 0.15) is 25.0 Å². The molecule has 0 aromatic heterocycles. The quantitative estimate of drug-likeness (QED) is 0.793. The third kappa shape index (κ3) is 5.26. The zero-order valence-electron chi connectivity index (χ0n) is 14.6. The first kappa shape index (κ1) is 18.9. The van der Waals surface area contributed by atoms with Crippen LogP contribution in [0.15, 0.2) is 48.5 Å². The molecule has 5 heteroatoms. The first-order valence-corrected chi connectivity index (χ1v) is 8.41. The third-order valence-electron chi connectivity index (χ3n) is 3.63. The van der Waals surface area contributed by atoms with Crippen molar-refractivity contribution in [3.8, 4) is 11.5 Å². The van der Waals surface area contributed by atoms with Crippen molar-refractivity contribution >= 4 is 23.6 Å². The van der Waals surface area contributed by atoms with Gasteiger partial charge in [0.2, 0.25) is 0 Å². The molecule has 1 amide bonds. The maximum atomic E-state index is 12.3. The van der Waals surface area contributed by atoms with Crippen molar-refractivity contribution in [2.45, 2.75) is 26.5 Å². The Hall–Kier alpha value is -2.46. The number of methoxy groups -OCH3 is 1. The summed E-state index contributed by atoms with van der Waals surface area (Å²) in [4.78, 5) is 12.3. The highest BCUT2D eigenvalue weighted by molar-refractivity contribution is 6.31. The number of amides is 1. The maximum Gasteiger partial charge on any atom is 0.261 e. The van der Waals surface area contributed by atoms with Crippen molar-refractivity contribution in [2.24, 2.45) is 0 Å². The average Bonchev–Trinajstić information content (AvgIpc) is 2.62. The van der Waals surface area contributed by atoms with Crippen LogP contribution in [0, 0.1) is 0 Å². The number of rotatable bonds is 7. The number of hydrogen-bond donors (Lipinski definition) is 1. The predicted molar refractivity (Wildman–Crippen MR) is 101 cm³/mol. The lowest BCUT2D eigenvalue weighted by Crippen LogP contribution is -2.36. The molecule has 4 nitrogen and oxygen atoms in total. The van der Waals surface area contributed by atoms with Crippen molar-refractivity contribution in [3.63, 3.8) is 0 Å². The van der Waals surface area contributed by atoms with Crippen LogP contribution >= 0.6 is 11.6 Å². The lowest BCUT2D eigenvalue weighted by atomic mass is 10.2. The second-order valence-corrected chi connectivity index (χ2v) is 5.89. The Balaban J connectivity index is 2.00. The molecule has 0 radical (unpaired) electrons. The molecule has 1 unspecified atom stereocenters. The molecule has 1 N–H and O–H groups in total. The normalized spacial score (nSPS) is 12.0. The van der Waals surface area contributed by atoms with Gasteiger partial charge in [-0.05, 0) is 43.2 Å². The summed E-state index contributed by atoms with van der Waals surface area (Å²) >= 11 is 6.09. The second-order valence-electron chi connectivity index (χ2n) is 5.48. The number of ether oxygens (including phenoxy) is 2. The minimum atomic E-state index is -0.663. The van der Waals surface area contributed by atoms with Crippen LogP contribution in [-0.2, 0) is 11.3 Å². The molecule has 0 aliphatic heterocycles. The van der Waals surface area contributed by atoms with Gasteiger partial charge in [0.25, 0.3) is 5.91 Å². The van der Waals surface area contributed by atoms with Gasteiger partial charge in [-0.2, -0.15) is 0 Å². The van der Waals surface area contributed by atoms with E-state index < -0.39 is 6.10 Å². The highest BCUT2D eigenvalue weighted by Crippen LogP contribution is 2.29. The van der Waals surface area contributed by atoms with Crippen molar-refractivity contribution in [3.05, 3.63) is 64.7 Å². The van der Waals surface area contributed by atoms with Gasteiger partial charge in [0.15, 0.2) is 17.6 Å². The van der Waals surface area contributed by atoms with Crippen LogP contribution in [-0.4, -0.2) is 19.1 Å². The fourth-order valence-electron chi connectivity index (χ4n) is 2.29. The van der Waals surface area contributed by atoms with Gasteiger partial charge in [0, 0.05) is 11.6 Å². The van der Waals surface area contributed by atoms with Crippen LogP contribution in [0.25, 0.3) is 6.08 Å². The SMILES string of the molecule is C/C=C/c1ccc(OC(C)C(=O)NCc2ccccc2Cl)c(OC)c1. The molecule has 0 saturated heterocycles. The highest BCUT2D eigenvalue weighted by atomic mass is 35.5. The molecule has 2 aromatic carbocycles. The molecule has 0 spiro atoms. The molecule has 0 heterocycles. The van der Waals surface area contributed by atoms with Gasteiger partial charge in [-0.3, -0.25) is 4.79 Å². The van der Waals surface area contributed by atoms with Gasteiger partial charge >= 0.3 is 0 Å². The summed E-state index contributed by atoms with van der Waals surface area (Å²) < 4.78 is 11.1.